The summed E-state index contributed by atoms with van der Waals surface area (Å²) in [5, 5.41) is 8.81. The lowest BCUT2D eigenvalue weighted by Crippen LogP contribution is -2.05. The van der Waals surface area contributed by atoms with Gasteiger partial charge in [0, 0.05) is 0 Å². The van der Waals surface area contributed by atoms with Crippen molar-refractivity contribution in [3.63, 3.8) is 0 Å². The van der Waals surface area contributed by atoms with Crippen LogP contribution >= 0.6 is 0 Å². The Hall–Kier alpha value is -2.13. The number of isocyanates is 1. The Bertz CT molecular complexity index is 462. The SMILES string of the molecule is CC(C)COc1ccc(C(=O)O)cc1N=C=O. The Morgan fingerprint density at radius 3 is 2.76 bits per heavy atom. The Kier molecular flexibility index (Phi) is 4.43. The second kappa shape index (κ2) is 5.82. The third kappa shape index (κ3) is 3.74. The highest BCUT2D eigenvalue weighted by Gasteiger charge is 2.09. The molecule has 1 aromatic carbocycles. The Labute approximate surface area is 98.7 Å². The number of carbonyl (C=O) groups is 1. The van der Waals surface area contributed by atoms with Crippen LogP contribution in [0.4, 0.5) is 5.69 Å². The molecule has 0 aliphatic carbocycles. The van der Waals surface area contributed by atoms with Crippen molar-refractivity contribution in [3.05, 3.63) is 23.8 Å². The maximum absolute atomic E-state index is 10.8. The summed E-state index contributed by atoms with van der Waals surface area (Å²) < 4.78 is 5.42. The van der Waals surface area contributed by atoms with Crippen LogP contribution in [0.2, 0.25) is 0 Å². The number of aliphatic imine (C=N–C) groups is 1. The third-order valence-corrected chi connectivity index (χ3v) is 1.94. The largest absolute Gasteiger partial charge is 0.491 e. The highest BCUT2D eigenvalue weighted by Crippen LogP contribution is 2.28. The van der Waals surface area contributed by atoms with Crippen LogP contribution in [0.1, 0.15) is 24.2 Å². The predicted octanol–water partition coefficient (Wildman–Crippen LogP) is 2.39. The Balaban J connectivity index is 3.04. The molecule has 1 N–H and O–H groups in total. The highest BCUT2D eigenvalue weighted by molar-refractivity contribution is 5.89. The van der Waals surface area contributed by atoms with Gasteiger partial charge in [0.25, 0.3) is 0 Å². The van der Waals surface area contributed by atoms with E-state index in [2.05, 4.69) is 4.99 Å². The first-order chi connectivity index (χ1) is 8.04. The number of rotatable bonds is 5. The average Bonchev–Trinajstić information content (AvgIpc) is 2.27. The van der Waals surface area contributed by atoms with Crippen molar-refractivity contribution in [2.75, 3.05) is 6.61 Å². The lowest BCUT2D eigenvalue weighted by molar-refractivity contribution is 0.0697. The van der Waals surface area contributed by atoms with Crippen LogP contribution in [0, 0.1) is 5.92 Å². The van der Waals surface area contributed by atoms with Crippen molar-refractivity contribution in [1.82, 2.24) is 0 Å². The molecule has 0 fully saturated rings. The number of aromatic carboxylic acids is 1. The summed E-state index contributed by atoms with van der Waals surface area (Å²) in [4.78, 5) is 24.4. The van der Waals surface area contributed by atoms with Crippen molar-refractivity contribution < 1.29 is 19.4 Å². The van der Waals surface area contributed by atoms with Gasteiger partial charge in [0.2, 0.25) is 6.08 Å². The van der Waals surface area contributed by atoms with Gasteiger partial charge in [-0.05, 0) is 24.1 Å². The minimum atomic E-state index is -1.08. The van der Waals surface area contributed by atoms with E-state index < -0.39 is 5.97 Å². The van der Waals surface area contributed by atoms with E-state index in [4.69, 9.17) is 9.84 Å². The molecule has 1 rings (SSSR count). The van der Waals surface area contributed by atoms with E-state index in [0.29, 0.717) is 18.3 Å². The predicted molar refractivity (Wildman–Crippen MR) is 61.5 cm³/mol. The lowest BCUT2D eigenvalue weighted by atomic mass is 10.2. The molecule has 0 atom stereocenters. The van der Waals surface area contributed by atoms with Crippen molar-refractivity contribution >= 4 is 17.7 Å². The number of hydrogen-bond donors (Lipinski definition) is 1. The van der Waals surface area contributed by atoms with E-state index in [1.54, 1.807) is 0 Å². The fourth-order valence-corrected chi connectivity index (χ4v) is 1.17. The smallest absolute Gasteiger partial charge is 0.335 e. The molecule has 1 aromatic rings. The van der Waals surface area contributed by atoms with Crippen LogP contribution in [0.15, 0.2) is 23.2 Å². The molecule has 0 bridgehead atoms. The van der Waals surface area contributed by atoms with Gasteiger partial charge in [-0.3, -0.25) is 0 Å². The van der Waals surface area contributed by atoms with Gasteiger partial charge < -0.3 is 9.84 Å². The minimum Gasteiger partial charge on any atom is -0.491 e. The summed E-state index contributed by atoms with van der Waals surface area (Å²) in [6.45, 7) is 4.43. The summed E-state index contributed by atoms with van der Waals surface area (Å²) in [7, 11) is 0. The van der Waals surface area contributed by atoms with E-state index in [9.17, 15) is 9.59 Å². The molecular weight excluding hydrogens is 222 g/mol. The van der Waals surface area contributed by atoms with Crippen LogP contribution in [0.3, 0.4) is 0 Å². The molecule has 90 valence electrons. The van der Waals surface area contributed by atoms with Gasteiger partial charge >= 0.3 is 5.97 Å². The fraction of sp³-hybridized carbons (Fsp3) is 0.333. The average molecular weight is 235 g/mol. The molecule has 5 heteroatoms. The second-order valence-electron chi connectivity index (χ2n) is 3.90. The standard InChI is InChI=1S/C12H13NO4/c1-8(2)6-17-11-4-3-9(12(15)16)5-10(11)13-7-14/h3-5,8H,6H2,1-2H3,(H,15,16). The first-order valence-corrected chi connectivity index (χ1v) is 5.12. The molecule has 0 heterocycles. The minimum absolute atomic E-state index is 0.0518. The molecule has 0 saturated carbocycles. The van der Waals surface area contributed by atoms with Gasteiger partial charge in [0.15, 0.2) is 0 Å². The van der Waals surface area contributed by atoms with Crippen molar-refractivity contribution in [2.45, 2.75) is 13.8 Å². The third-order valence-electron chi connectivity index (χ3n) is 1.94. The van der Waals surface area contributed by atoms with Crippen LogP contribution in [0.25, 0.3) is 0 Å². The Morgan fingerprint density at radius 1 is 1.53 bits per heavy atom. The number of carboxylic acid groups (broad SMARTS) is 1. The van der Waals surface area contributed by atoms with Crippen LogP contribution in [-0.2, 0) is 4.79 Å². The van der Waals surface area contributed by atoms with Crippen LogP contribution in [-0.4, -0.2) is 23.8 Å². The summed E-state index contributed by atoms with van der Waals surface area (Å²) in [5.74, 6) is -0.378. The van der Waals surface area contributed by atoms with Crippen molar-refractivity contribution in [2.24, 2.45) is 10.9 Å². The molecule has 17 heavy (non-hydrogen) atoms. The van der Waals surface area contributed by atoms with E-state index in [1.807, 2.05) is 13.8 Å². The molecule has 0 aromatic heterocycles. The van der Waals surface area contributed by atoms with Crippen molar-refractivity contribution in [3.8, 4) is 5.75 Å². The maximum Gasteiger partial charge on any atom is 0.335 e. The van der Waals surface area contributed by atoms with E-state index in [-0.39, 0.29) is 11.3 Å². The zero-order valence-electron chi connectivity index (χ0n) is 9.64. The first-order valence-electron chi connectivity index (χ1n) is 5.12. The monoisotopic (exact) mass is 235 g/mol. The molecule has 0 unspecified atom stereocenters. The Morgan fingerprint density at radius 2 is 2.24 bits per heavy atom. The van der Waals surface area contributed by atoms with Gasteiger partial charge in [0.1, 0.15) is 11.4 Å². The van der Waals surface area contributed by atoms with E-state index in [0.717, 1.165) is 0 Å². The molecule has 0 aliphatic heterocycles. The quantitative estimate of drug-likeness (QED) is 0.628. The van der Waals surface area contributed by atoms with Gasteiger partial charge in [-0.15, -0.1) is 0 Å². The first kappa shape index (κ1) is 12.9. The number of hydrogen-bond acceptors (Lipinski definition) is 4. The summed E-state index contributed by atoms with van der Waals surface area (Å²) >= 11 is 0. The number of carboxylic acids is 1. The van der Waals surface area contributed by atoms with E-state index >= 15 is 0 Å². The highest BCUT2D eigenvalue weighted by atomic mass is 16.5. The molecule has 0 saturated heterocycles. The van der Waals surface area contributed by atoms with Crippen LogP contribution in [0.5, 0.6) is 5.75 Å². The summed E-state index contributed by atoms with van der Waals surface area (Å²) in [6.07, 6.45) is 1.38. The number of nitrogens with zero attached hydrogens (tertiary/aromatic N) is 1. The molecule has 0 radical (unpaired) electrons. The molecule has 0 spiro atoms. The normalized spacial score (nSPS) is 9.82. The number of carbonyl (C=O) groups excluding carboxylic acids is 1. The number of ether oxygens (including phenoxy) is 1. The molecule has 0 aliphatic rings. The van der Waals surface area contributed by atoms with Gasteiger partial charge in [-0.2, -0.15) is 4.99 Å². The zero-order chi connectivity index (χ0) is 12.8. The van der Waals surface area contributed by atoms with Gasteiger partial charge in [0.05, 0.1) is 12.2 Å². The topological polar surface area (TPSA) is 76.0 Å². The lowest BCUT2D eigenvalue weighted by Gasteiger charge is -2.10. The van der Waals surface area contributed by atoms with Gasteiger partial charge in [-0.25, -0.2) is 9.59 Å². The second-order valence-corrected chi connectivity index (χ2v) is 3.90. The summed E-state index contributed by atoms with van der Waals surface area (Å²) in [5.41, 5.74) is 0.233. The van der Waals surface area contributed by atoms with Crippen LogP contribution < -0.4 is 4.74 Å². The van der Waals surface area contributed by atoms with Gasteiger partial charge in [-0.1, -0.05) is 13.8 Å². The fourth-order valence-electron chi connectivity index (χ4n) is 1.17. The van der Waals surface area contributed by atoms with Crippen molar-refractivity contribution in [1.29, 1.82) is 0 Å². The molecule has 0 amide bonds. The zero-order valence-corrected chi connectivity index (χ0v) is 9.64. The molecule has 5 nitrogen and oxygen atoms in total. The summed E-state index contributed by atoms with van der Waals surface area (Å²) in [6, 6.07) is 4.17. The molecular formula is C12H13NO4. The van der Waals surface area contributed by atoms with E-state index in [1.165, 1.54) is 24.3 Å². The maximum atomic E-state index is 10.8. The number of benzene rings is 1.